The zero-order chi connectivity index (χ0) is 15.5. The maximum absolute atomic E-state index is 12.7. The van der Waals surface area contributed by atoms with Crippen molar-refractivity contribution in [2.75, 3.05) is 11.9 Å². The molecule has 3 aromatic rings. The van der Waals surface area contributed by atoms with E-state index in [-0.39, 0.29) is 5.91 Å². The lowest BCUT2D eigenvalue weighted by Gasteiger charge is -2.09. The van der Waals surface area contributed by atoms with Crippen molar-refractivity contribution in [1.29, 1.82) is 0 Å². The Balaban J connectivity index is 2.08. The van der Waals surface area contributed by atoms with E-state index in [4.69, 9.17) is 4.74 Å². The van der Waals surface area contributed by atoms with Crippen LogP contribution in [0.25, 0.3) is 10.9 Å². The molecule has 3 rings (SSSR count). The molecule has 0 aliphatic carbocycles. The average molecular weight is 294 g/mol. The number of aromatic nitrogens is 1. The van der Waals surface area contributed by atoms with Gasteiger partial charge in [-0.2, -0.15) is 0 Å². The fourth-order valence-electron chi connectivity index (χ4n) is 2.61. The van der Waals surface area contributed by atoms with E-state index in [2.05, 4.69) is 5.32 Å². The Hall–Kier alpha value is -2.75. The minimum Gasteiger partial charge on any atom is -0.479 e. The lowest BCUT2D eigenvalue weighted by molar-refractivity contribution is 0.102. The Morgan fingerprint density at radius 3 is 2.50 bits per heavy atom. The van der Waals surface area contributed by atoms with Crippen LogP contribution in [0.3, 0.4) is 0 Å². The van der Waals surface area contributed by atoms with Crippen LogP contribution in [0.1, 0.15) is 17.3 Å². The van der Waals surface area contributed by atoms with E-state index < -0.39 is 0 Å². The van der Waals surface area contributed by atoms with Crippen molar-refractivity contribution >= 4 is 22.5 Å². The van der Waals surface area contributed by atoms with E-state index in [0.29, 0.717) is 18.1 Å². The van der Waals surface area contributed by atoms with Gasteiger partial charge in [-0.1, -0.05) is 36.4 Å². The molecule has 4 heteroatoms. The van der Waals surface area contributed by atoms with E-state index in [0.717, 1.165) is 16.6 Å². The van der Waals surface area contributed by atoms with Gasteiger partial charge in [-0.3, -0.25) is 4.79 Å². The molecule has 0 fully saturated rings. The summed E-state index contributed by atoms with van der Waals surface area (Å²) < 4.78 is 7.63. The van der Waals surface area contributed by atoms with Crippen molar-refractivity contribution < 1.29 is 9.53 Å². The lowest BCUT2D eigenvalue weighted by Crippen LogP contribution is -2.13. The summed E-state index contributed by atoms with van der Waals surface area (Å²) >= 11 is 0. The molecule has 1 N–H and O–H groups in total. The molecule has 0 saturated heterocycles. The molecule has 1 aromatic heterocycles. The first-order valence-electron chi connectivity index (χ1n) is 7.29. The van der Waals surface area contributed by atoms with Crippen LogP contribution in [0.2, 0.25) is 0 Å². The Labute approximate surface area is 129 Å². The number of para-hydroxylation sites is 2. The van der Waals surface area contributed by atoms with Crippen molar-refractivity contribution in [2.24, 2.45) is 7.05 Å². The minimum absolute atomic E-state index is 0.161. The summed E-state index contributed by atoms with van der Waals surface area (Å²) in [5.74, 6) is 0.434. The van der Waals surface area contributed by atoms with Gasteiger partial charge in [0.05, 0.1) is 12.1 Å². The number of benzene rings is 2. The zero-order valence-electron chi connectivity index (χ0n) is 12.7. The van der Waals surface area contributed by atoms with Gasteiger partial charge < -0.3 is 14.6 Å². The van der Waals surface area contributed by atoms with Gasteiger partial charge in [0.15, 0.2) is 0 Å². The summed E-state index contributed by atoms with van der Waals surface area (Å²) in [5, 5.41) is 3.82. The molecular weight excluding hydrogens is 276 g/mol. The van der Waals surface area contributed by atoms with Gasteiger partial charge in [0, 0.05) is 18.1 Å². The topological polar surface area (TPSA) is 43.3 Å². The average Bonchev–Trinajstić information content (AvgIpc) is 2.82. The van der Waals surface area contributed by atoms with Gasteiger partial charge in [-0.25, -0.2) is 0 Å². The van der Waals surface area contributed by atoms with Crippen molar-refractivity contribution in [3.05, 3.63) is 60.2 Å². The number of rotatable bonds is 4. The second-order valence-corrected chi connectivity index (χ2v) is 5.01. The highest BCUT2D eigenvalue weighted by Gasteiger charge is 2.22. The Morgan fingerprint density at radius 1 is 1.09 bits per heavy atom. The molecule has 0 atom stereocenters. The predicted molar refractivity (Wildman–Crippen MR) is 88.5 cm³/mol. The minimum atomic E-state index is -0.161. The van der Waals surface area contributed by atoms with Crippen molar-refractivity contribution in [2.45, 2.75) is 6.92 Å². The summed E-state index contributed by atoms with van der Waals surface area (Å²) in [6.07, 6.45) is 0. The maximum atomic E-state index is 12.7. The van der Waals surface area contributed by atoms with Crippen LogP contribution in [-0.4, -0.2) is 17.1 Å². The normalized spacial score (nSPS) is 10.6. The predicted octanol–water partition coefficient (Wildman–Crippen LogP) is 3.83. The number of aryl methyl sites for hydroxylation is 1. The van der Waals surface area contributed by atoms with Gasteiger partial charge in [0.25, 0.3) is 5.91 Å². The number of fused-ring (bicyclic) bond motifs is 1. The van der Waals surface area contributed by atoms with E-state index in [1.807, 2.05) is 73.1 Å². The second-order valence-electron chi connectivity index (χ2n) is 5.01. The number of nitrogens with one attached hydrogen (secondary N) is 1. The number of hydrogen-bond donors (Lipinski definition) is 1. The van der Waals surface area contributed by atoms with Gasteiger partial charge in [0.1, 0.15) is 5.56 Å². The third-order valence-corrected chi connectivity index (χ3v) is 3.59. The molecule has 1 heterocycles. The van der Waals surface area contributed by atoms with Gasteiger partial charge >= 0.3 is 0 Å². The monoisotopic (exact) mass is 294 g/mol. The van der Waals surface area contributed by atoms with Crippen molar-refractivity contribution in [3.63, 3.8) is 0 Å². The molecule has 1 amide bonds. The van der Waals surface area contributed by atoms with Crippen LogP contribution in [0.4, 0.5) is 5.69 Å². The molecule has 0 bridgehead atoms. The van der Waals surface area contributed by atoms with Crippen molar-refractivity contribution in [3.8, 4) is 5.88 Å². The van der Waals surface area contributed by atoms with E-state index >= 15 is 0 Å². The molecule has 0 saturated carbocycles. The molecule has 0 radical (unpaired) electrons. The number of anilines is 1. The molecule has 2 aromatic carbocycles. The van der Waals surface area contributed by atoms with Gasteiger partial charge in [0.2, 0.25) is 5.88 Å². The Morgan fingerprint density at radius 2 is 1.77 bits per heavy atom. The summed E-state index contributed by atoms with van der Waals surface area (Å²) in [6, 6.07) is 17.2. The van der Waals surface area contributed by atoms with E-state index in [1.54, 1.807) is 0 Å². The van der Waals surface area contributed by atoms with Crippen LogP contribution in [0.15, 0.2) is 54.6 Å². The highest BCUT2D eigenvalue weighted by Crippen LogP contribution is 2.31. The van der Waals surface area contributed by atoms with Crippen LogP contribution in [0, 0.1) is 0 Å². The van der Waals surface area contributed by atoms with Gasteiger partial charge in [-0.15, -0.1) is 0 Å². The molecular formula is C18H18N2O2. The first kappa shape index (κ1) is 14.2. The van der Waals surface area contributed by atoms with Crippen LogP contribution in [0.5, 0.6) is 5.88 Å². The molecule has 0 spiro atoms. The highest BCUT2D eigenvalue weighted by atomic mass is 16.5. The fourth-order valence-corrected chi connectivity index (χ4v) is 2.61. The number of hydrogen-bond acceptors (Lipinski definition) is 2. The number of nitrogens with zero attached hydrogens (tertiary/aromatic N) is 1. The van der Waals surface area contributed by atoms with E-state index in [9.17, 15) is 4.79 Å². The summed E-state index contributed by atoms with van der Waals surface area (Å²) in [5.41, 5.74) is 2.32. The molecule has 22 heavy (non-hydrogen) atoms. The van der Waals surface area contributed by atoms with Crippen LogP contribution < -0.4 is 10.1 Å². The molecule has 112 valence electrons. The second kappa shape index (κ2) is 5.93. The standard InChI is InChI=1S/C18H18N2O2/c1-3-22-18-16(14-11-7-8-12-15(14)20(18)2)17(21)19-13-9-5-4-6-10-13/h4-12H,3H2,1-2H3,(H,19,21). The quantitative estimate of drug-likeness (QED) is 0.794. The lowest BCUT2D eigenvalue weighted by atomic mass is 10.1. The highest BCUT2D eigenvalue weighted by molar-refractivity contribution is 6.15. The summed E-state index contributed by atoms with van der Waals surface area (Å²) in [6.45, 7) is 2.42. The number of ether oxygens (including phenoxy) is 1. The zero-order valence-corrected chi connectivity index (χ0v) is 12.7. The molecule has 0 aliphatic rings. The van der Waals surface area contributed by atoms with E-state index in [1.165, 1.54) is 0 Å². The number of carbonyl (C=O) groups excluding carboxylic acids is 1. The van der Waals surface area contributed by atoms with Crippen molar-refractivity contribution in [1.82, 2.24) is 4.57 Å². The Bertz CT molecular complexity index is 807. The number of carbonyl (C=O) groups is 1. The third-order valence-electron chi connectivity index (χ3n) is 3.59. The smallest absolute Gasteiger partial charge is 0.261 e. The largest absolute Gasteiger partial charge is 0.479 e. The van der Waals surface area contributed by atoms with Crippen LogP contribution in [-0.2, 0) is 7.05 Å². The summed E-state index contributed by atoms with van der Waals surface area (Å²) in [7, 11) is 1.91. The first-order valence-corrected chi connectivity index (χ1v) is 7.29. The first-order chi connectivity index (χ1) is 10.7. The number of amides is 1. The van der Waals surface area contributed by atoms with Crippen LogP contribution >= 0.6 is 0 Å². The molecule has 4 nitrogen and oxygen atoms in total. The molecule has 0 aliphatic heterocycles. The fraction of sp³-hybridized carbons (Fsp3) is 0.167. The summed E-state index contributed by atoms with van der Waals surface area (Å²) in [4.78, 5) is 12.7. The van der Waals surface area contributed by atoms with Gasteiger partial charge in [-0.05, 0) is 25.1 Å². The Kier molecular flexibility index (Phi) is 3.83. The molecule has 0 unspecified atom stereocenters. The third kappa shape index (κ3) is 2.44. The SMILES string of the molecule is CCOc1c(C(=O)Nc2ccccc2)c2ccccc2n1C. The maximum Gasteiger partial charge on any atom is 0.261 e.